The molecule has 0 unspecified atom stereocenters. The van der Waals surface area contributed by atoms with E-state index in [0.29, 0.717) is 12.2 Å². The Morgan fingerprint density at radius 1 is 1.21 bits per heavy atom. The molecule has 0 aliphatic heterocycles. The molecule has 0 aromatic heterocycles. The van der Waals surface area contributed by atoms with Crippen LogP contribution < -0.4 is 0 Å². The van der Waals surface area contributed by atoms with Crippen molar-refractivity contribution in [2.45, 2.75) is 50.3 Å². The Balaban J connectivity index is 2.22. The van der Waals surface area contributed by atoms with Crippen molar-refractivity contribution in [3.8, 4) is 0 Å². The van der Waals surface area contributed by atoms with Gasteiger partial charge in [0.25, 0.3) is 0 Å². The van der Waals surface area contributed by atoms with Gasteiger partial charge in [-0.1, -0.05) is 39.0 Å². The van der Waals surface area contributed by atoms with Gasteiger partial charge in [-0.05, 0) is 24.6 Å². The predicted molar refractivity (Wildman–Crippen MR) is 77.3 cm³/mol. The molecular formula is C15H21FO2S. The first-order chi connectivity index (χ1) is 9.15. The lowest BCUT2D eigenvalue weighted by atomic mass is 10.1. The van der Waals surface area contributed by atoms with E-state index in [9.17, 15) is 9.18 Å². The Hall–Kier alpha value is -1.03. The molecule has 0 heterocycles. The number of hydrogen-bond donors (Lipinski definition) is 1. The van der Waals surface area contributed by atoms with Gasteiger partial charge in [-0.2, -0.15) is 0 Å². The Morgan fingerprint density at radius 2 is 1.89 bits per heavy atom. The summed E-state index contributed by atoms with van der Waals surface area (Å²) in [6.45, 7) is 2.60. The molecule has 0 amide bonds. The largest absolute Gasteiger partial charge is 0.462 e. The van der Waals surface area contributed by atoms with Crippen molar-refractivity contribution in [3.05, 3.63) is 29.6 Å². The Morgan fingerprint density at radius 3 is 2.58 bits per heavy atom. The molecule has 4 heteroatoms. The highest BCUT2D eigenvalue weighted by molar-refractivity contribution is 7.80. The van der Waals surface area contributed by atoms with E-state index in [1.54, 1.807) is 0 Å². The summed E-state index contributed by atoms with van der Waals surface area (Å²) in [7, 11) is 0. The van der Waals surface area contributed by atoms with Crippen molar-refractivity contribution < 1.29 is 13.9 Å². The summed E-state index contributed by atoms with van der Waals surface area (Å²) < 4.78 is 18.1. The number of thiol groups is 1. The van der Waals surface area contributed by atoms with Crippen LogP contribution in [-0.2, 0) is 4.74 Å². The molecule has 1 aromatic rings. The summed E-state index contributed by atoms with van der Waals surface area (Å²) in [6, 6.07) is 4.03. The molecule has 0 atom stereocenters. The average Bonchev–Trinajstić information content (AvgIpc) is 2.40. The normalized spacial score (nSPS) is 10.5. The number of hydrogen-bond acceptors (Lipinski definition) is 3. The standard InChI is InChI=1S/C15H21FO2S/c1-2-3-4-5-6-7-10-18-15(17)12-8-9-13(16)14(19)11-12/h8-9,11,19H,2-7,10H2,1H3. The molecule has 0 saturated heterocycles. The zero-order valence-corrected chi connectivity index (χ0v) is 12.2. The van der Waals surface area contributed by atoms with Gasteiger partial charge in [0, 0.05) is 4.90 Å². The molecule has 1 aromatic carbocycles. The van der Waals surface area contributed by atoms with Gasteiger partial charge in [-0.15, -0.1) is 12.6 Å². The van der Waals surface area contributed by atoms with E-state index in [1.807, 2.05) is 0 Å². The van der Waals surface area contributed by atoms with Crippen molar-refractivity contribution in [1.29, 1.82) is 0 Å². The fourth-order valence-corrected chi connectivity index (χ4v) is 1.98. The summed E-state index contributed by atoms with van der Waals surface area (Å²) >= 11 is 3.94. The van der Waals surface area contributed by atoms with Crippen LogP contribution >= 0.6 is 12.6 Å². The maximum atomic E-state index is 13.0. The minimum Gasteiger partial charge on any atom is -0.462 e. The third-order valence-electron chi connectivity index (χ3n) is 2.91. The molecule has 0 aliphatic rings. The fourth-order valence-electron chi connectivity index (χ4n) is 1.77. The first kappa shape index (κ1) is 16.0. The third-order valence-corrected chi connectivity index (χ3v) is 3.26. The molecule has 1 rings (SSSR count). The summed E-state index contributed by atoms with van der Waals surface area (Å²) in [5.74, 6) is -0.848. The molecule has 0 fully saturated rings. The van der Waals surface area contributed by atoms with Crippen LogP contribution in [0.5, 0.6) is 0 Å². The number of carbonyl (C=O) groups excluding carboxylic acids is 1. The Kier molecular flexibility index (Phi) is 7.56. The lowest BCUT2D eigenvalue weighted by Crippen LogP contribution is -2.06. The van der Waals surface area contributed by atoms with Gasteiger partial charge in [0.2, 0.25) is 0 Å². The highest BCUT2D eigenvalue weighted by atomic mass is 32.1. The van der Waals surface area contributed by atoms with E-state index in [4.69, 9.17) is 4.74 Å². The highest BCUT2D eigenvalue weighted by Crippen LogP contribution is 2.15. The maximum absolute atomic E-state index is 13.0. The summed E-state index contributed by atoms with van der Waals surface area (Å²) in [5, 5.41) is 0. The molecule has 0 radical (unpaired) electrons. The molecule has 19 heavy (non-hydrogen) atoms. The lowest BCUT2D eigenvalue weighted by Gasteiger charge is -2.05. The van der Waals surface area contributed by atoms with Crippen LogP contribution in [0.15, 0.2) is 23.1 Å². The van der Waals surface area contributed by atoms with Gasteiger partial charge < -0.3 is 4.74 Å². The van der Waals surface area contributed by atoms with Gasteiger partial charge in [0.05, 0.1) is 12.2 Å². The predicted octanol–water partition coefficient (Wildman–Crippen LogP) is 4.63. The summed E-state index contributed by atoms with van der Waals surface area (Å²) in [6.07, 6.45) is 6.87. The van der Waals surface area contributed by atoms with Gasteiger partial charge in [0.15, 0.2) is 0 Å². The lowest BCUT2D eigenvalue weighted by molar-refractivity contribution is 0.0497. The molecule has 2 nitrogen and oxygen atoms in total. The first-order valence-corrected chi connectivity index (χ1v) is 7.25. The van der Waals surface area contributed by atoms with Crippen molar-refractivity contribution in [2.24, 2.45) is 0 Å². The van der Waals surface area contributed by atoms with Crippen molar-refractivity contribution in [1.82, 2.24) is 0 Å². The molecule has 0 spiro atoms. The van der Waals surface area contributed by atoms with E-state index in [-0.39, 0.29) is 4.90 Å². The number of benzene rings is 1. The average molecular weight is 284 g/mol. The molecule has 0 bridgehead atoms. The monoisotopic (exact) mass is 284 g/mol. The minimum atomic E-state index is -0.434. The van der Waals surface area contributed by atoms with Crippen LogP contribution in [-0.4, -0.2) is 12.6 Å². The van der Waals surface area contributed by atoms with Gasteiger partial charge in [-0.25, -0.2) is 9.18 Å². The second-order valence-electron chi connectivity index (χ2n) is 4.57. The SMILES string of the molecule is CCCCCCCCOC(=O)c1ccc(F)c(S)c1. The van der Waals surface area contributed by atoms with Crippen LogP contribution in [0.1, 0.15) is 55.8 Å². The van der Waals surface area contributed by atoms with Crippen LogP contribution in [0.2, 0.25) is 0 Å². The molecule has 0 N–H and O–H groups in total. The highest BCUT2D eigenvalue weighted by Gasteiger charge is 2.09. The van der Waals surface area contributed by atoms with E-state index in [1.165, 1.54) is 43.9 Å². The first-order valence-electron chi connectivity index (χ1n) is 6.80. The van der Waals surface area contributed by atoms with E-state index < -0.39 is 11.8 Å². The summed E-state index contributed by atoms with van der Waals surface area (Å²) in [4.78, 5) is 11.8. The Labute approximate surface area is 119 Å². The zero-order chi connectivity index (χ0) is 14.1. The van der Waals surface area contributed by atoms with Crippen molar-refractivity contribution in [2.75, 3.05) is 6.61 Å². The van der Waals surface area contributed by atoms with Crippen LogP contribution in [0.3, 0.4) is 0 Å². The van der Waals surface area contributed by atoms with Gasteiger partial charge >= 0.3 is 5.97 Å². The molecule has 0 saturated carbocycles. The number of esters is 1. The second-order valence-corrected chi connectivity index (χ2v) is 5.05. The van der Waals surface area contributed by atoms with Crippen LogP contribution in [0.25, 0.3) is 0 Å². The van der Waals surface area contributed by atoms with Gasteiger partial charge in [-0.3, -0.25) is 0 Å². The quantitative estimate of drug-likeness (QED) is 0.428. The van der Waals surface area contributed by atoms with E-state index in [2.05, 4.69) is 19.6 Å². The number of ether oxygens (including phenoxy) is 1. The number of unbranched alkanes of at least 4 members (excludes halogenated alkanes) is 5. The smallest absolute Gasteiger partial charge is 0.338 e. The van der Waals surface area contributed by atoms with Gasteiger partial charge in [0.1, 0.15) is 5.82 Å². The minimum absolute atomic E-state index is 0.161. The molecular weight excluding hydrogens is 263 g/mol. The summed E-state index contributed by atoms with van der Waals surface area (Å²) in [5.41, 5.74) is 0.345. The Bertz CT molecular complexity index is 407. The van der Waals surface area contributed by atoms with Crippen molar-refractivity contribution in [3.63, 3.8) is 0 Å². The topological polar surface area (TPSA) is 26.3 Å². The fraction of sp³-hybridized carbons (Fsp3) is 0.533. The second kappa shape index (κ2) is 8.97. The zero-order valence-electron chi connectivity index (χ0n) is 11.3. The van der Waals surface area contributed by atoms with E-state index in [0.717, 1.165) is 12.8 Å². The molecule has 0 aliphatic carbocycles. The van der Waals surface area contributed by atoms with Crippen molar-refractivity contribution >= 4 is 18.6 Å². The number of carbonyl (C=O) groups is 1. The van der Waals surface area contributed by atoms with E-state index >= 15 is 0 Å². The van der Waals surface area contributed by atoms with Crippen LogP contribution in [0, 0.1) is 5.82 Å². The number of halogens is 1. The number of rotatable bonds is 8. The van der Waals surface area contributed by atoms with Crippen LogP contribution in [0.4, 0.5) is 4.39 Å². The third kappa shape index (κ3) is 6.10. The molecule has 106 valence electrons. The maximum Gasteiger partial charge on any atom is 0.338 e.